The van der Waals surface area contributed by atoms with Gasteiger partial charge >= 0.3 is 5.97 Å². The van der Waals surface area contributed by atoms with Crippen LogP contribution in [0.3, 0.4) is 0 Å². The van der Waals surface area contributed by atoms with E-state index in [1.54, 1.807) is 6.07 Å². The standard InChI is InChI=1S/C12H12ClFO2/c13-9-2-1-3-10(14)12(9)8(6-11(15)16)7-4-5-7/h1-3,7-8H,4-6H2,(H,15,16). The minimum absolute atomic E-state index is 0.0503. The maximum absolute atomic E-state index is 13.7. The molecular weight excluding hydrogens is 231 g/mol. The van der Waals surface area contributed by atoms with Crippen LogP contribution in [0.5, 0.6) is 0 Å². The van der Waals surface area contributed by atoms with E-state index in [0.717, 1.165) is 12.8 Å². The van der Waals surface area contributed by atoms with Gasteiger partial charge in [0, 0.05) is 16.5 Å². The molecule has 2 nitrogen and oxygen atoms in total. The highest BCUT2D eigenvalue weighted by molar-refractivity contribution is 6.31. The number of hydrogen-bond donors (Lipinski definition) is 1. The quantitative estimate of drug-likeness (QED) is 0.878. The van der Waals surface area contributed by atoms with E-state index in [9.17, 15) is 9.18 Å². The van der Waals surface area contributed by atoms with E-state index in [4.69, 9.17) is 16.7 Å². The fourth-order valence-corrected chi connectivity index (χ4v) is 2.36. The second kappa shape index (κ2) is 4.42. The third kappa shape index (κ3) is 2.35. The van der Waals surface area contributed by atoms with Crippen LogP contribution in [0.2, 0.25) is 5.02 Å². The number of halogens is 2. The van der Waals surface area contributed by atoms with E-state index < -0.39 is 11.8 Å². The van der Waals surface area contributed by atoms with E-state index in [-0.39, 0.29) is 18.3 Å². The molecule has 1 aliphatic carbocycles. The summed E-state index contributed by atoms with van der Waals surface area (Å²) < 4.78 is 13.7. The Hall–Kier alpha value is -1.09. The third-order valence-corrected chi connectivity index (χ3v) is 3.29. The Balaban J connectivity index is 2.34. The fourth-order valence-electron chi connectivity index (χ4n) is 2.06. The number of carboxylic acid groups (broad SMARTS) is 1. The van der Waals surface area contributed by atoms with Gasteiger partial charge in [0.05, 0.1) is 6.42 Å². The number of carbonyl (C=O) groups is 1. The molecule has 1 saturated carbocycles. The third-order valence-electron chi connectivity index (χ3n) is 2.96. The second-order valence-corrected chi connectivity index (χ2v) is 4.58. The van der Waals surface area contributed by atoms with Crippen molar-refractivity contribution in [1.82, 2.24) is 0 Å². The predicted molar refractivity (Wildman–Crippen MR) is 59.1 cm³/mol. The van der Waals surface area contributed by atoms with E-state index in [2.05, 4.69) is 0 Å². The molecule has 0 amide bonds. The number of aliphatic carboxylic acids is 1. The van der Waals surface area contributed by atoms with Gasteiger partial charge in [0.1, 0.15) is 5.82 Å². The van der Waals surface area contributed by atoms with Gasteiger partial charge in [-0.2, -0.15) is 0 Å². The van der Waals surface area contributed by atoms with Gasteiger partial charge in [-0.15, -0.1) is 0 Å². The molecule has 16 heavy (non-hydrogen) atoms. The van der Waals surface area contributed by atoms with Gasteiger partial charge in [0.15, 0.2) is 0 Å². The molecule has 0 heterocycles. The molecule has 0 radical (unpaired) electrons. The van der Waals surface area contributed by atoms with Crippen LogP contribution in [0, 0.1) is 11.7 Å². The van der Waals surface area contributed by atoms with Crippen molar-refractivity contribution < 1.29 is 14.3 Å². The van der Waals surface area contributed by atoms with Crippen molar-refractivity contribution in [2.24, 2.45) is 5.92 Å². The normalized spacial score (nSPS) is 17.1. The topological polar surface area (TPSA) is 37.3 Å². The Bertz CT molecular complexity index is 395. The molecule has 0 aromatic heterocycles. The first-order valence-corrected chi connectivity index (χ1v) is 5.63. The molecule has 0 saturated heterocycles. The molecular formula is C12H12ClFO2. The number of rotatable bonds is 4. The van der Waals surface area contributed by atoms with Gasteiger partial charge in [-0.3, -0.25) is 4.79 Å². The SMILES string of the molecule is O=C(O)CC(c1c(F)cccc1Cl)C1CC1. The largest absolute Gasteiger partial charge is 0.481 e. The zero-order chi connectivity index (χ0) is 11.7. The van der Waals surface area contributed by atoms with Gasteiger partial charge in [-0.25, -0.2) is 4.39 Å². The molecule has 1 atom stereocenters. The average molecular weight is 243 g/mol. The monoisotopic (exact) mass is 242 g/mol. The van der Waals surface area contributed by atoms with E-state index in [1.807, 2.05) is 0 Å². The molecule has 0 bridgehead atoms. The number of carboxylic acids is 1. The molecule has 0 spiro atoms. The van der Waals surface area contributed by atoms with E-state index in [1.165, 1.54) is 12.1 Å². The first kappa shape index (κ1) is 11.4. The molecule has 1 aliphatic rings. The highest BCUT2D eigenvalue weighted by Crippen LogP contribution is 2.46. The average Bonchev–Trinajstić information content (AvgIpc) is 2.98. The minimum Gasteiger partial charge on any atom is -0.481 e. The van der Waals surface area contributed by atoms with Crippen molar-refractivity contribution in [3.05, 3.63) is 34.6 Å². The predicted octanol–water partition coefficient (Wildman–Crippen LogP) is 3.45. The molecule has 1 aromatic rings. The first-order chi connectivity index (χ1) is 7.59. The summed E-state index contributed by atoms with van der Waals surface area (Å²) in [6.45, 7) is 0. The molecule has 4 heteroatoms. The Morgan fingerprint density at radius 2 is 2.25 bits per heavy atom. The Morgan fingerprint density at radius 3 is 2.75 bits per heavy atom. The van der Waals surface area contributed by atoms with Crippen LogP contribution in [0.25, 0.3) is 0 Å². The maximum Gasteiger partial charge on any atom is 0.303 e. The lowest BCUT2D eigenvalue weighted by Crippen LogP contribution is -2.10. The van der Waals surface area contributed by atoms with E-state index >= 15 is 0 Å². The molecule has 1 N–H and O–H groups in total. The van der Waals surface area contributed by atoms with Crippen LogP contribution in [-0.2, 0) is 4.79 Å². The zero-order valence-corrected chi connectivity index (χ0v) is 9.38. The highest BCUT2D eigenvalue weighted by Gasteiger charge is 2.36. The highest BCUT2D eigenvalue weighted by atomic mass is 35.5. The van der Waals surface area contributed by atoms with Crippen LogP contribution < -0.4 is 0 Å². The Morgan fingerprint density at radius 1 is 1.56 bits per heavy atom. The van der Waals surface area contributed by atoms with E-state index in [0.29, 0.717) is 10.6 Å². The van der Waals surface area contributed by atoms with Crippen molar-refractivity contribution in [1.29, 1.82) is 0 Å². The molecule has 1 aromatic carbocycles. The number of benzene rings is 1. The maximum atomic E-state index is 13.7. The number of hydrogen-bond acceptors (Lipinski definition) is 1. The summed E-state index contributed by atoms with van der Waals surface area (Å²) in [4.78, 5) is 10.8. The van der Waals surface area contributed by atoms with Crippen molar-refractivity contribution in [2.75, 3.05) is 0 Å². The summed E-state index contributed by atoms with van der Waals surface area (Å²) in [5, 5.41) is 9.17. The molecule has 1 unspecified atom stereocenters. The van der Waals surface area contributed by atoms with Crippen LogP contribution >= 0.6 is 11.6 Å². The van der Waals surface area contributed by atoms with Crippen LogP contribution in [0.4, 0.5) is 4.39 Å². The van der Waals surface area contributed by atoms with Gasteiger partial charge in [0.25, 0.3) is 0 Å². The minimum atomic E-state index is -0.906. The molecule has 1 fully saturated rings. The second-order valence-electron chi connectivity index (χ2n) is 4.18. The fraction of sp³-hybridized carbons (Fsp3) is 0.417. The van der Waals surface area contributed by atoms with Crippen molar-refractivity contribution in [3.8, 4) is 0 Å². The summed E-state index contributed by atoms with van der Waals surface area (Å²) in [5.41, 5.74) is 0.370. The Labute approximate surface area is 98.0 Å². The summed E-state index contributed by atoms with van der Waals surface area (Å²) in [6, 6.07) is 4.47. The molecule has 2 rings (SSSR count). The summed E-state index contributed by atoms with van der Waals surface area (Å²) >= 11 is 5.95. The molecule has 86 valence electrons. The zero-order valence-electron chi connectivity index (χ0n) is 8.62. The van der Waals surface area contributed by atoms with Crippen molar-refractivity contribution in [3.63, 3.8) is 0 Å². The first-order valence-electron chi connectivity index (χ1n) is 5.25. The van der Waals surface area contributed by atoms with Gasteiger partial charge in [-0.05, 0) is 30.9 Å². The van der Waals surface area contributed by atoms with Gasteiger partial charge in [-0.1, -0.05) is 17.7 Å². The van der Waals surface area contributed by atoms with Crippen LogP contribution in [0.1, 0.15) is 30.7 Å². The van der Waals surface area contributed by atoms with Crippen molar-refractivity contribution in [2.45, 2.75) is 25.2 Å². The summed E-state index contributed by atoms with van der Waals surface area (Å²) in [7, 11) is 0. The summed E-state index contributed by atoms with van der Waals surface area (Å²) in [5.74, 6) is -1.32. The van der Waals surface area contributed by atoms with Gasteiger partial charge < -0.3 is 5.11 Å². The summed E-state index contributed by atoms with van der Waals surface area (Å²) in [6.07, 6.45) is 1.87. The smallest absolute Gasteiger partial charge is 0.303 e. The lowest BCUT2D eigenvalue weighted by Gasteiger charge is -2.16. The lowest BCUT2D eigenvalue weighted by atomic mass is 9.90. The lowest BCUT2D eigenvalue weighted by molar-refractivity contribution is -0.137. The van der Waals surface area contributed by atoms with Crippen molar-refractivity contribution >= 4 is 17.6 Å². The molecule has 0 aliphatic heterocycles. The Kier molecular flexibility index (Phi) is 3.15. The van der Waals surface area contributed by atoms with Gasteiger partial charge in [0.2, 0.25) is 0 Å². The van der Waals surface area contributed by atoms with Crippen LogP contribution in [-0.4, -0.2) is 11.1 Å². The van der Waals surface area contributed by atoms with Crippen LogP contribution in [0.15, 0.2) is 18.2 Å².